The first-order chi connectivity index (χ1) is 23.6. The first-order valence-corrected chi connectivity index (χ1v) is 21.0. The van der Waals surface area contributed by atoms with E-state index >= 15 is 0 Å². The van der Waals surface area contributed by atoms with Gasteiger partial charge in [-0.1, -0.05) is 117 Å². The van der Waals surface area contributed by atoms with E-state index in [1.807, 2.05) is 7.05 Å². The summed E-state index contributed by atoms with van der Waals surface area (Å²) in [6, 6.07) is 0. The largest absolute Gasteiger partial charge is 0.462 e. The van der Waals surface area contributed by atoms with E-state index in [0.717, 1.165) is 89.0 Å². The molecule has 0 radical (unpaired) electrons. The molecule has 0 saturated heterocycles. The van der Waals surface area contributed by atoms with Crippen LogP contribution in [0, 0.1) is 0 Å². The van der Waals surface area contributed by atoms with Gasteiger partial charge in [0.15, 0.2) is 11.6 Å². The van der Waals surface area contributed by atoms with Crippen LogP contribution in [0.3, 0.4) is 0 Å². The van der Waals surface area contributed by atoms with Gasteiger partial charge in [-0.05, 0) is 77.4 Å². The number of ether oxygens (including phenoxy) is 1. The fraction of sp³-hybridized carbons (Fsp3) is 0.897. The number of rotatable bonds is 37. The molecule has 48 heavy (non-hydrogen) atoms. The Bertz CT molecular complexity index is 839. The van der Waals surface area contributed by atoms with E-state index in [1.54, 1.807) is 0 Å². The predicted octanol–water partition coefficient (Wildman–Crippen LogP) is 11.0. The number of unbranched alkanes of at least 4 members (excludes halogenated alkanes) is 19. The number of carbonyl (C=O) groups excluding carboxylic acids is 2. The van der Waals surface area contributed by atoms with Crippen molar-refractivity contribution in [2.75, 3.05) is 43.9 Å². The number of aromatic nitrogens is 2. The van der Waals surface area contributed by atoms with Crippen LogP contribution in [-0.2, 0) is 14.3 Å². The lowest BCUT2D eigenvalue weighted by molar-refractivity contribution is -0.150. The number of hydrogen-bond acceptors (Lipinski definition) is 9. The third-order valence-corrected chi connectivity index (χ3v) is 9.91. The van der Waals surface area contributed by atoms with E-state index in [2.05, 4.69) is 38.1 Å². The number of hydrogen-bond donors (Lipinski definition) is 2. The van der Waals surface area contributed by atoms with E-state index in [9.17, 15) is 9.59 Å². The first-order valence-electron chi connectivity index (χ1n) is 20.2. The molecule has 2 N–H and O–H groups in total. The van der Waals surface area contributed by atoms with Crippen LogP contribution in [0.2, 0.25) is 0 Å². The number of aldehydes is 1. The van der Waals surface area contributed by atoms with E-state index in [0.29, 0.717) is 12.8 Å². The van der Waals surface area contributed by atoms with Crippen molar-refractivity contribution in [2.24, 2.45) is 0 Å². The molecule has 0 fully saturated rings. The SMILES string of the molecule is CCCCCCCCC(CCCCCCCC)OC(=O)CCCCCCCN(CCCCCCCC=O)CCCNc1nsnc1NC. The van der Waals surface area contributed by atoms with Crippen LogP contribution < -0.4 is 10.6 Å². The topological polar surface area (TPSA) is 96.5 Å². The lowest BCUT2D eigenvalue weighted by Gasteiger charge is -2.22. The molecule has 0 aliphatic heterocycles. The summed E-state index contributed by atoms with van der Waals surface area (Å²) in [5.74, 6) is 1.69. The van der Waals surface area contributed by atoms with Crippen molar-refractivity contribution in [3.63, 3.8) is 0 Å². The maximum absolute atomic E-state index is 12.8. The molecule has 0 aliphatic carbocycles. The molecule has 0 bridgehead atoms. The van der Waals surface area contributed by atoms with Gasteiger partial charge in [0.2, 0.25) is 0 Å². The Hall–Kier alpha value is -1.74. The van der Waals surface area contributed by atoms with Gasteiger partial charge in [-0.25, -0.2) is 0 Å². The van der Waals surface area contributed by atoms with Gasteiger partial charge >= 0.3 is 5.97 Å². The summed E-state index contributed by atoms with van der Waals surface area (Å²) in [6.45, 7) is 8.76. The minimum absolute atomic E-state index is 0.0261. The second kappa shape index (κ2) is 33.7. The third kappa shape index (κ3) is 26.2. The van der Waals surface area contributed by atoms with Gasteiger partial charge in [-0.3, -0.25) is 4.79 Å². The molecule has 0 atom stereocenters. The normalized spacial score (nSPS) is 11.4. The first kappa shape index (κ1) is 44.3. The predicted molar refractivity (Wildman–Crippen MR) is 206 cm³/mol. The third-order valence-electron chi connectivity index (χ3n) is 9.38. The number of nitrogens with zero attached hydrogens (tertiary/aromatic N) is 3. The van der Waals surface area contributed by atoms with Crippen molar-refractivity contribution < 1.29 is 14.3 Å². The molecule has 0 aromatic carbocycles. The lowest BCUT2D eigenvalue weighted by atomic mass is 10.0. The molecule has 1 heterocycles. The minimum Gasteiger partial charge on any atom is -0.462 e. The highest BCUT2D eigenvalue weighted by atomic mass is 32.1. The van der Waals surface area contributed by atoms with Crippen molar-refractivity contribution in [1.82, 2.24) is 13.6 Å². The smallest absolute Gasteiger partial charge is 0.306 e. The average Bonchev–Trinajstić information content (AvgIpc) is 3.55. The van der Waals surface area contributed by atoms with Gasteiger partial charge in [0.25, 0.3) is 0 Å². The fourth-order valence-corrected chi connectivity index (χ4v) is 6.89. The highest BCUT2D eigenvalue weighted by Crippen LogP contribution is 2.19. The summed E-state index contributed by atoms with van der Waals surface area (Å²) in [5, 5.41) is 6.51. The van der Waals surface area contributed by atoms with Crippen LogP contribution >= 0.6 is 11.7 Å². The van der Waals surface area contributed by atoms with Crippen LogP contribution in [0.1, 0.15) is 187 Å². The van der Waals surface area contributed by atoms with Crippen molar-refractivity contribution in [1.29, 1.82) is 0 Å². The summed E-state index contributed by atoms with van der Waals surface area (Å²) in [5.41, 5.74) is 0. The van der Waals surface area contributed by atoms with Gasteiger partial charge in [0.1, 0.15) is 12.4 Å². The Morgan fingerprint density at radius 3 is 1.77 bits per heavy atom. The van der Waals surface area contributed by atoms with Crippen molar-refractivity contribution in [2.45, 2.75) is 193 Å². The van der Waals surface area contributed by atoms with Crippen molar-refractivity contribution in [3.05, 3.63) is 0 Å². The van der Waals surface area contributed by atoms with Crippen LogP contribution in [-0.4, -0.2) is 65.2 Å². The van der Waals surface area contributed by atoms with Crippen molar-refractivity contribution >= 4 is 35.6 Å². The Morgan fingerprint density at radius 2 is 1.19 bits per heavy atom. The number of esters is 1. The molecule has 8 nitrogen and oxygen atoms in total. The molecule has 1 aromatic rings. The van der Waals surface area contributed by atoms with Gasteiger partial charge in [0, 0.05) is 26.4 Å². The average molecular weight is 694 g/mol. The monoisotopic (exact) mass is 694 g/mol. The van der Waals surface area contributed by atoms with E-state index in [-0.39, 0.29) is 12.1 Å². The Kier molecular flexibility index (Phi) is 31.1. The van der Waals surface area contributed by atoms with E-state index in [4.69, 9.17) is 4.74 Å². The molecule has 0 saturated carbocycles. The zero-order valence-electron chi connectivity index (χ0n) is 31.5. The molecular weight excluding hydrogens is 619 g/mol. The van der Waals surface area contributed by atoms with Crippen LogP contribution in [0.4, 0.5) is 11.6 Å². The molecule has 1 rings (SSSR count). The zero-order chi connectivity index (χ0) is 34.8. The quantitative estimate of drug-likeness (QED) is 0.0404. The molecule has 0 aliphatic rings. The second-order valence-corrected chi connectivity index (χ2v) is 14.3. The minimum atomic E-state index is 0.0261. The fourth-order valence-electron chi connectivity index (χ4n) is 6.35. The zero-order valence-corrected chi connectivity index (χ0v) is 32.4. The molecule has 9 heteroatoms. The highest BCUT2D eigenvalue weighted by molar-refractivity contribution is 6.99. The summed E-state index contributed by atoms with van der Waals surface area (Å²) >= 11 is 1.23. The number of anilines is 2. The number of nitrogens with one attached hydrogen (secondary N) is 2. The van der Waals surface area contributed by atoms with Gasteiger partial charge < -0.3 is 25.1 Å². The standard InChI is InChI=1S/C39H75N5O3S/c1-4-6-8-10-15-21-28-36(29-22-16-11-9-7-5-2)47-37(46)30-23-17-14-19-25-33-44(32-24-18-12-13-20-26-35-45)34-27-31-41-39-38(40-3)42-48-43-39/h35-36H,4-34H2,1-3H3,(H,40,42)(H,41,43). The van der Waals surface area contributed by atoms with Gasteiger partial charge in [-0.15, -0.1) is 0 Å². The molecule has 0 spiro atoms. The summed E-state index contributed by atoms with van der Waals surface area (Å²) in [7, 11) is 1.87. The molecule has 280 valence electrons. The Labute approximate surface area is 300 Å². The van der Waals surface area contributed by atoms with Crippen LogP contribution in [0.15, 0.2) is 0 Å². The molecule has 0 unspecified atom stereocenters. The summed E-state index contributed by atoms with van der Waals surface area (Å²) < 4.78 is 14.7. The van der Waals surface area contributed by atoms with Gasteiger partial charge in [-0.2, -0.15) is 8.75 Å². The van der Waals surface area contributed by atoms with Crippen molar-refractivity contribution in [3.8, 4) is 0 Å². The lowest BCUT2D eigenvalue weighted by Crippen LogP contribution is -2.28. The molecule has 0 amide bonds. The summed E-state index contributed by atoms with van der Waals surface area (Å²) in [6.07, 6.45) is 32.5. The maximum atomic E-state index is 12.8. The van der Waals surface area contributed by atoms with Crippen LogP contribution in [0.25, 0.3) is 0 Å². The second-order valence-electron chi connectivity index (χ2n) is 13.8. The van der Waals surface area contributed by atoms with E-state index < -0.39 is 0 Å². The number of carbonyl (C=O) groups is 2. The Morgan fingerprint density at radius 1 is 0.688 bits per heavy atom. The molecule has 1 aromatic heterocycles. The Balaban J connectivity index is 2.31. The highest BCUT2D eigenvalue weighted by Gasteiger charge is 2.14. The summed E-state index contributed by atoms with van der Waals surface area (Å²) in [4.78, 5) is 25.9. The molecular formula is C39H75N5O3S. The van der Waals surface area contributed by atoms with E-state index in [1.165, 1.54) is 127 Å². The van der Waals surface area contributed by atoms with Gasteiger partial charge in [0.05, 0.1) is 11.7 Å². The van der Waals surface area contributed by atoms with Crippen LogP contribution in [0.5, 0.6) is 0 Å². The maximum Gasteiger partial charge on any atom is 0.306 e.